The second-order valence-electron chi connectivity index (χ2n) is 8.05. The smallest absolute Gasteiger partial charge is 0.274 e. The fraction of sp³-hybridized carbons (Fsp3) is 0.261. The maximum Gasteiger partial charge on any atom is 0.274 e. The number of H-pyrrole nitrogens is 1. The van der Waals surface area contributed by atoms with Crippen LogP contribution in [0.4, 0.5) is 0 Å². The number of nitrogens with zero attached hydrogens (tertiary/aromatic N) is 4. The summed E-state index contributed by atoms with van der Waals surface area (Å²) in [4.78, 5) is 46.5. The number of nitrogens with one attached hydrogen (secondary N) is 2. The van der Waals surface area contributed by atoms with E-state index in [0.29, 0.717) is 42.8 Å². The van der Waals surface area contributed by atoms with Crippen molar-refractivity contribution in [3.8, 4) is 0 Å². The van der Waals surface area contributed by atoms with Gasteiger partial charge in [-0.25, -0.2) is 4.52 Å². The van der Waals surface area contributed by atoms with Crippen molar-refractivity contribution in [1.82, 2.24) is 29.8 Å². The van der Waals surface area contributed by atoms with Gasteiger partial charge >= 0.3 is 0 Å². The first-order valence-electron chi connectivity index (χ1n) is 10.5. The molecule has 4 aromatic rings. The fourth-order valence-corrected chi connectivity index (χ4v) is 4.17. The fourth-order valence-electron chi connectivity index (χ4n) is 4.17. The van der Waals surface area contributed by atoms with Crippen molar-refractivity contribution in [3.63, 3.8) is 0 Å². The zero-order valence-electron chi connectivity index (χ0n) is 17.5. The number of likely N-dealkylation sites (tertiary alicyclic amines) is 1. The molecule has 0 bridgehead atoms. The summed E-state index contributed by atoms with van der Waals surface area (Å²) in [6, 6.07) is 11.0. The molecule has 0 saturated carbocycles. The Labute approximate surface area is 183 Å². The number of aryl methyl sites for hydroxylation is 1. The molecule has 0 radical (unpaired) electrons. The predicted octanol–water partition coefficient (Wildman–Crippen LogP) is 1.91. The summed E-state index contributed by atoms with van der Waals surface area (Å²) in [5.41, 5.74) is 1.38. The number of benzene rings is 1. The van der Waals surface area contributed by atoms with Crippen LogP contribution in [0.5, 0.6) is 0 Å². The van der Waals surface area contributed by atoms with Gasteiger partial charge in [0.2, 0.25) is 0 Å². The Bertz CT molecular complexity index is 1390. The number of fused-ring (bicyclic) bond motifs is 2. The van der Waals surface area contributed by atoms with Crippen LogP contribution in [0.2, 0.25) is 0 Å². The maximum atomic E-state index is 12.9. The van der Waals surface area contributed by atoms with Gasteiger partial charge in [-0.05, 0) is 31.2 Å². The number of pyridine rings is 1. The van der Waals surface area contributed by atoms with Crippen molar-refractivity contribution in [2.75, 3.05) is 13.1 Å². The third-order valence-electron chi connectivity index (χ3n) is 5.82. The summed E-state index contributed by atoms with van der Waals surface area (Å²) in [5, 5.41) is 9.11. The molecule has 2 N–H and O–H groups in total. The molecule has 0 atom stereocenters. The Hall–Kier alpha value is -4.01. The molecule has 1 aliphatic heterocycles. The number of rotatable bonds is 3. The molecular weight excluding hydrogens is 408 g/mol. The molecule has 1 saturated heterocycles. The van der Waals surface area contributed by atoms with E-state index in [2.05, 4.69) is 20.4 Å². The Morgan fingerprint density at radius 1 is 1.16 bits per heavy atom. The average Bonchev–Trinajstić information content (AvgIpc) is 3.23. The normalized spacial score (nSPS) is 14.7. The SMILES string of the molecule is Cc1cn2nc(C(=O)N3CCC(NC(=O)c4nccc5ccccc45)CC3)cc2c(=O)[nH]1. The van der Waals surface area contributed by atoms with Crippen LogP contribution >= 0.6 is 0 Å². The molecule has 0 spiro atoms. The van der Waals surface area contributed by atoms with E-state index in [1.165, 1.54) is 10.6 Å². The first-order valence-corrected chi connectivity index (χ1v) is 10.5. The minimum atomic E-state index is -0.278. The lowest BCUT2D eigenvalue weighted by Gasteiger charge is -2.32. The van der Waals surface area contributed by atoms with Crippen LogP contribution in [0.3, 0.4) is 0 Å². The number of aromatic nitrogens is 4. The van der Waals surface area contributed by atoms with E-state index in [4.69, 9.17) is 0 Å². The van der Waals surface area contributed by atoms with Gasteiger partial charge in [0.15, 0.2) is 5.69 Å². The third kappa shape index (κ3) is 3.62. The number of piperidine rings is 1. The van der Waals surface area contributed by atoms with Gasteiger partial charge in [-0.3, -0.25) is 19.4 Å². The summed E-state index contributed by atoms with van der Waals surface area (Å²) >= 11 is 0. The summed E-state index contributed by atoms with van der Waals surface area (Å²) in [5.74, 6) is -0.423. The number of aromatic amines is 1. The minimum Gasteiger partial charge on any atom is -0.348 e. The first kappa shape index (κ1) is 19.9. The molecule has 9 heteroatoms. The highest BCUT2D eigenvalue weighted by molar-refractivity contribution is 6.05. The molecule has 0 aliphatic carbocycles. The number of carbonyl (C=O) groups is 2. The Morgan fingerprint density at radius 2 is 1.94 bits per heavy atom. The Morgan fingerprint density at radius 3 is 2.75 bits per heavy atom. The second kappa shape index (κ2) is 7.92. The molecule has 32 heavy (non-hydrogen) atoms. The van der Waals surface area contributed by atoms with Crippen molar-refractivity contribution in [2.24, 2.45) is 0 Å². The van der Waals surface area contributed by atoms with Crippen LogP contribution in [0.25, 0.3) is 16.3 Å². The van der Waals surface area contributed by atoms with Crippen LogP contribution in [-0.4, -0.2) is 55.4 Å². The summed E-state index contributed by atoms with van der Waals surface area (Å²) in [6.45, 7) is 2.75. The van der Waals surface area contributed by atoms with Gasteiger partial charge in [-0.1, -0.05) is 24.3 Å². The second-order valence-corrected chi connectivity index (χ2v) is 8.05. The average molecular weight is 430 g/mol. The van der Waals surface area contributed by atoms with E-state index < -0.39 is 0 Å². The van der Waals surface area contributed by atoms with Crippen molar-refractivity contribution in [3.05, 3.63) is 76.2 Å². The molecule has 2 amide bonds. The molecule has 1 aliphatic rings. The maximum absolute atomic E-state index is 12.9. The summed E-state index contributed by atoms with van der Waals surface area (Å²) in [7, 11) is 0. The number of amides is 2. The van der Waals surface area contributed by atoms with Crippen molar-refractivity contribution >= 4 is 28.1 Å². The number of hydrogen-bond acceptors (Lipinski definition) is 5. The largest absolute Gasteiger partial charge is 0.348 e. The minimum absolute atomic E-state index is 0.0427. The third-order valence-corrected chi connectivity index (χ3v) is 5.82. The number of hydrogen-bond donors (Lipinski definition) is 2. The van der Waals surface area contributed by atoms with Crippen LogP contribution in [-0.2, 0) is 0 Å². The van der Waals surface area contributed by atoms with E-state index in [1.54, 1.807) is 24.2 Å². The standard InChI is InChI=1S/C23H22N6O3/c1-14-13-29-19(21(30)25-14)12-18(27-29)23(32)28-10-7-16(8-11-28)26-22(31)20-17-5-3-2-4-15(17)6-9-24-20/h2-6,9,12-13,16H,7-8,10-11H2,1H3,(H,25,30)(H,26,31). The topological polar surface area (TPSA) is 112 Å². The van der Waals surface area contributed by atoms with E-state index in [9.17, 15) is 14.4 Å². The zero-order valence-corrected chi connectivity index (χ0v) is 17.5. The molecule has 3 aromatic heterocycles. The molecular formula is C23H22N6O3. The lowest BCUT2D eigenvalue weighted by molar-refractivity contribution is 0.0692. The molecule has 9 nitrogen and oxygen atoms in total. The van der Waals surface area contributed by atoms with E-state index in [0.717, 1.165) is 10.8 Å². The summed E-state index contributed by atoms with van der Waals surface area (Å²) < 4.78 is 1.44. The van der Waals surface area contributed by atoms with Gasteiger partial charge in [0.25, 0.3) is 17.4 Å². The van der Waals surface area contributed by atoms with Crippen LogP contribution < -0.4 is 10.9 Å². The van der Waals surface area contributed by atoms with Gasteiger partial charge in [-0.2, -0.15) is 5.10 Å². The molecule has 4 heterocycles. The van der Waals surface area contributed by atoms with E-state index in [-0.39, 0.29) is 29.1 Å². The van der Waals surface area contributed by atoms with E-state index in [1.807, 2.05) is 30.3 Å². The lowest BCUT2D eigenvalue weighted by atomic mass is 10.0. The van der Waals surface area contributed by atoms with Crippen molar-refractivity contribution in [1.29, 1.82) is 0 Å². The van der Waals surface area contributed by atoms with Gasteiger partial charge in [-0.15, -0.1) is 0 Å². The zero-order chi connectivity index (χ0) is 22.2. The Kier molecular flexibility index (Phi) is 4.93. The van der Waals surface area contributed by atoms with Crippen molar-refractivity contribution in [2.45, 2.75) is 25.8 Å². The van der Waals surface area contributed by atoms with Gasteiger partial charge in [0.1, 0.15) is 11.2 Å². The summed E-state index contributed by atoms with van der Waals surface area (Å²) in [6.07, 6.45) is 4.58. The van der Waals surface area contributed by atoms with Crippen LogP contribution in [0.15, 0.2) is 53.6 Å². The number of carbonyl (C=O) groups excluding carboxylic acids is 2. The van der Waals surface area contributed by atoms with Gasteiger partial charge in [0.05, 0.1) is 0 Å². The monoisotopic (exact) mass is 430 g/mol. The van der Waals surface area contributed by atoms with Crippen molar-refractivity contribution < 1.29 is 9.59 Å². The first-order chi connectivity index (χ1) is 15.5. The lowest BCUT2D eigenvalue weighted by Crippen LogP contribution is -2.46. The molecule has 5 rings (SSSR count). The van der Waals surface area contributed by atoms with Gasteiger partial charge < -0.3 is 15.2 Å². The van der Waals surface area contributed by atoms with Crippen LogP contribution in [0.1, 0.15) is 39.5 Å². The molecule has 0 unspecified atom stereocenters. The highest BCUT2D eigenvalue weighted by Crippen LogP contribution is 2.18. The highest BCUT2D eigenvalue weighted by atomic mass is 16.2. The van der Waals surface area contributed by atoms with E-state index >= 15 is 0 Å². The molecule has 162 valence electrons. The molecule has 1 aromatic carbocycles. The quantitative estimate of drug-likeness (QED) is 0.516. The Balaban J connectivity index is 1.25. The molecule has 1 fully saturated rings. The highest BCUT2D eigenvalue weighted by Gasteiger charge is 2.27. The predicted molar refractivity (Wildman–Crippen MR) is 119 cm³/mol. The van der Waals surface area contributed by atoms with Gasteiger partial charge in [0, 0.05) is 48.7 Å². The van der Waals surface area contributed by atoms with Crippen LogP contribution in [0, 0.1) is 6.92 Å².